The number of carbonyl (C=O) groups is 1. The summed E-state index contributed by atoms with van der Waals surface area (Å²) in [4.78, 5) is 26.3. The number of ether oxygens (including phenoxy) is 4. The molecule has 0 spiro atoms. The molecule has 0 bridgehead atoms. The summed E-state index contributed by atoms with van der Waals surface area (Å²) < 4.78 is 22.3. The van der Waals surface area contributed by atoms with Gasteiger partial charge in [0.1, 0.15) is 18.1 Å². The van der Waals surface area contributed by atoms with Crippen LogP contribution in [0.2, 0.25) is 0 Å². The summed E-state index contributed by atoms with van der Waals surface area (Å²) in [5.41, 5.74) is 2.57. The molecule has 0 aliphatic carbocycles. The van der Waals surface area contributed by atoms with Crippen LogP contribution >= 0.6 is 0 Å². The standard InChI is InChI=1S/C27H28N2O7/c1-17-5-6-19(13-23(17)29(31)32)27(30)28-12-11-18-14-25(34-3)26(35-4)15-22(18)24(28)16-36-21-9-7-20(33-2)8-10-21/h5-10,13-15,24H,11-12,16H2,1-4H3/t24-/m0/s1. The van der Waals surface area contributed by atoms with Gasteiger partial charge in [-0.3, -0.25) is 14.9 Å². The van der Waals surface area contributed by atoms with Crippen molar-refractivity contribution in [2.45, 2.75) is 19.4 Å². The Hall–Kier alpha value is -4.27. The van der Waals surface area contributed by atoms with E-state index in [1.807, 2.05) is 12.1 Å². The Morgan fingerprint density at radius 2 is 1.64 bits per heavy atom. The first-order valence-electron chi connectivity index (χ1n) is 11.4. The molecule has 188 valence electrons. The second-order valence-corrected chi connectivity index (χ2v) is 8.42. The maximum atomic E-state index is 13.7. The lowest BCUT2D eigenvalue weighted by Crippen LogP contribution is -2.42. The molecule has 0 unspecified atom stereocenters. The van der Waals surface area contributed by atoms with Crippen LogP contribution in [0.1, 0.15) is 33.1 Å². The summed E-state index contributed by atoms with van der Waals surface area (Å²) in [6.45, 7) is 2.24. The fraction of sp³-hybridized carbons (Fsp3) is 0.296. The van der Waals surface area contributed by atoms with Crippen molar-refractivity contribution < 1.29 is 28.7 Å². The average Bonchev–Trinajstić information content (AvgIpc) is 2.90. The summed E-state index contributed by atoms with van der Waals surface area (Å²) in [6.07, 6.45) is 0.592. The predicted molar refractivity (Wildman–Crippen MR) is 133 cm³/mol. The molecule has 9 nitrogen and oxygen atoms in total. The van der Waals surface area contributed by atoms with E-state index in [1.54, 1.807) is 69.6 Å². The van der Waals surface area contributed by atoms with E-state index in [-0.39, 0.29) is 23.8 Å². The summed E-state index contributed by atoms with van der Waals surface area (Å²) in [6, 6.07) is 15.1. The number of carbonyl (C=O) groups excluding carboxylic acids is 1. The Bertz CT molecular complexity index is 1270. The Morgan fingerprint density at radius 1 is 0.972 bits per heavy atom. The van der Waals surface area contributed by atoms with Gasteiger partial charge in [-0.15, -0.1) is 0 Å². The van der Waals surface area contributed by atoms with Gasteiger partial charge in [0.05, 0.1) is 32.3 Å². The first-order chi connectivity index (χ1) is 17.4. The van der Waals surface area contributed by atoms with Gasteiger partial charge in [-0.1, -0.05) is 6.07 Å². The highest BCUT2D eigenvalue weighted by molar-refractivity contribution is 5.95. The fourth-order valence-electron chi connectivity index (χ4n) is 4.40. The van der Waals surface area contributed by atoms with E-state index in [2.05, 4.69) is 0 Å². The molecule has 0 saturated carbocycles. The molecule has 3 aromatic rings. The summed E-state index contributed by atoms with van der Waals surface area (Å²) in [5, 5.41) is 11.5. The number of benzene rings is 3. The molecule has 0 saturated heterocycles. The molecule has 0 N–H and O–H groups in total. The Morgan fingerprint density at radius 3 is 2.28 bits per heavy atom. The van der Waals surface area contributed by atoms with Crippen LogP contribution in [0.15, 0.2) is 54.6 Å². The number of hydrogen-bond acceptors (Lipinski definition) is 7. The lowest BCUT2D eigenvalue weighted by atomic mass is 9.91. The van der Waals surface area contributed by atoms with Gasteiger partial charge in [0.25, 0.3) is 11.6 Å². The predicted octanol–water partition coefficient (Wildman–Crippen LogP) is 4.75. The largest absolute Gasteiger partial charge is 0.497 e. The summed E-state index contributed by atoms with van der Waals surface area (Å²) in [5.74, 6) is 2.19. The number of nitro benzene ring substituents is 1. The number of hydrogen-bond donors (Lipinski definition) is 0. The lowest BCUT2D eigenvalue weighted by molar-refractivity contribution is -0.385. The van der Waals surface area contributed by atoms with Crippen LogP contribution in [-0.4, -0.2) is 50.2 Å². The highest BCUT2D eigenvalue weighted by atomic mass is 16.6. The van der Waals surface area contributed by atoms with Crippen LogP contribution in [0, 0.1) is 17.0 Å². The van der Waals surface area contributed by atoms with Gasteiger partial charge >= 0.3 is 0 Å². The highest BCUT2D eigenvalue weighted by Crippen LogP contribution is 2.39. The van der Waals surface area contributed by atoms with Crippen molar-refractivity contribution in [1.82, 2.24) is 4.90 Å². The van der Waals surface area contributed by atoms with Gasteiger partial charge in [0.2, 0.25) is 0 Å². The van der Waals surface area contributed by atoms with Gasteiger partial charge in [-0.25, -0.2) is 0 Å². The molecule has 9 heteroatoms. The maximum absolute atomic E-state index is 13.7. The second kappa shape index (κ2) is 10.6. The summed E-state index contributed by atoms with van der Waals surface area (Å²) in [7, 11) is 4.73. The van der Waals surface area contributed by atoms with E-state index in [0.29, 0.717) is 41.5 Å². The molecule has 1 aliphatic rings. The molecule has 1 atom stereocenters. The molecule has 4 rings (SSSR count). The van der Waals surface area contributed by atoms with Gasteiger partial charge in [-0.2, -0.15) is 0 Å². The SMILES string of the molecule is COc1ccc(OC[C@H]2c3cc(OC)c(OC)cc3CCN2C(=O)c2ccc(C)c([N+](=O)[O-])c2)cc1. The van der Waals surface area contributed by atoms with Crippen LogP contribution in [0.4, 0.5) is 5.69 Å². The van der Waals surface area contributed by atoms with Crippen LogP contribution < -0.4 is 18.9 Å². The molecular weight excluding hydrogens is 464 g/mol. The van der Waals surface area contributed by atoms with Crippen LogP contribution in [0.25, 0.3) is 0 Å². The zero-order valence-corrected chi connectivity index (χ0v) is 20.6. The van der Waals surface area contributed by atoms with Crippen molar-refractivity contribution in [3.63, 3.8) is 0 Å². The first-order valence-corrected chi connectivity index (χ1v) is 11.4. The van der Waals surface area contributed by atoms with E-state index < -0.39 is 11.0 Å². The number of nitrogens with zero attached hydrogens (tertiary/aromatic N) is 2. The Balaban J connectivity index is 1.71. The van der Waals surface area contributed by atoms with Crippen molar-refractivity contribution >= 4 is 11.6 Å². The smallest absolute Gasteiger partial charge is 0.273 e. The zero-order chi connectivity index (χ0) is 25.8. The third-order valence-corrected chi connectivity index (χ3v) is 6.38. The number of amides is 1. The molecule has 3 aromatic carbocycles. The normalized spacial score (nSPS) is 14.6. The highest BCUT2D eigenvalue weighted by Gasteiger charge is 2.34. The second-order valence-electron chi connectivity index (χ2n) is 8.42. The van der Waals surface area contributed by atoms with E-state index in [1.165, 1.54) is 6.07 Å². The van der Waals surface area contributed by atoms with E-state index in [4.69, 9.17) is 18.9 Å². The number of nitro groups is 1. The minimum absolute atomic E-state index is 0.0873. The number of fused-ring (bicyclic) bond motifs is 1. The van der Waals surface area contributed by atoms with Gasteiger partial charge in [-0.05, 0) is 66.9 Å². The summed E-state index contributed by atoms with van der Waals surface area (Å²) >= 11 is 0. The van der Waals surface area contributed by atoms with Crippen molar-refractivity contribution in [1.29, 1.82) is 0 Å². The molecule has 1 aliphatic heterocycles. The fourth-order valence-corrected chi connectivity index (χ4v) is 4.40. The number of aryl methyl sites for hydroxylation is 1. The van der Waals surface area contributed by atoms with Gasteiger partial charge in [0, 0.05) is 23.7 Å². The minimum atomic E-state index is -0.473. The molecule has 36 heavy (non-hydrogen) atoms. The zero-order valence-electron chi connectivity index (χ0n) is 20.6. The minimum Gasteiger partial charge on any atom is -0.497 e. The topological polar surface area (TPSA) is 100 Å². The third kappa shape index (κ3) is 4.91. The first kappa shape index (κ1) is 24.8. The average molecular weight is 493 g/mol. The molecule has 1 heterocycles. The van der Waals surface area contributed by atoms with E-state index in [9.17, 15) is 14.9 Å². The van der Waals surface area contributed by atoms with Crippen LogP contribution in [-0.2, 0) is 6.42 Å². The Labute approximate surface area is 209 Å². The number of rotatable bonds is 8. The van der Waals surface area contributed by atoms with Crippen LogP contribution in [0.3, 0.4) is 0 Å². The maximum Gasteiger partial charge on any atom is 0.273 e. The monoisotopic (exact) mass is 492 g/mol. The quantitative estimate of drug-likeness (QED) is 0.330. The molecule has 0 aromatic heterocycles. The van der Waals surface area contributed by atoms with Crippen LogP contribution in [0.5, 0.6) is 23.0 Å². The van der Waals surface area contributed by atoms with Gasteiger partial charge < -0.3 is 23.8 Å². The van der Waals surface area contributed by atoms with Crippen molar-refractivity contribution in [2.24, 2.45) is 0 Å². The Kier molecular flexibility index (Phi) is 7.28. The molecule has 0 radical (unpaired) electrons. The van der Waals surface area contributed by atoms with Crippen molar-refractivity contribution in [3.05, 3.63) is 87.0 Å². The van der Waals surface area contributed by atoms with E-state index in [0.717, 1.165) is 11.1 Å². The number of methoxy groups -OCH3 is 3. The lowest BCUT2D eigenvalue weighted by Gasteiger charge is -2.37. The molecular formula is C27H28N2O7. The molecule has 0 fully saturated rings. The van der Waals surface area contributed by atoms with Crippen molar-refractivity contribution in [2.75, 3.05) is 34.5 Å². The third-order valence-electron chi connectivity index (χ3n) is 6.38. The van der Waals surface area contributed by atoms with E-state index >= 15 is 0 Å². The molecule has 1 amide bonds. The van der Waals surface area contributed by atoms with Crippen molar-refractivity contribution in [3.8, 4) is 23.0 Å². The van der Waals surface area contributed by atoms with Gasteiger partial charge in [0.15, 0.2) is 11.5 Å².